The fraction of sp³-hybridized carbons (Fsp3) is 0.700. The largest absolute Gasteiger partial charge is 0.292 e. The molecule has 0 saturated heterocycles. The van der Waals surface area contributed by atoms with Crippen LogP contribution in [0.1, 0.15) is 25.1 Å². The van der Waals surface area contributed by atoms with Crippen molar-refractivity contribution in [3.63, 3.8) is 0 Å². The van der Waals surface area contributed by atoms with Crippen molar-refractivity contribution in [1.29, 1.82) is 5.26 Å². The van der Waals surface area contributed by atoms with Crippen LogP contribution in [0.4, 0.5) is 0 Å². The van der Waals surface area contributed by atoms with Crippen LogP contribution < -0.4 is 0 Å². The summed E-state index contributed by atoms with van der Waals surface area (Å²) in [5.74, 6) is 0.972. The van der Waals surface area contributed by atoms with Crippen LogP contribution in [0.2, 0.25) is 0 Å². The van der Waals surface area contributed by atoms with Crippen LogP contribution >= 0.6 is 0 Å². The first kappa shape index (κ1) is 10.1. The van der Waals surface area contributed by atoms with Crippen molar-refractivity contribution in [1.82, 2.24) is 19.7 Å². The lowest BCUT2D eigenvalue weighted by Gasteiger charge is -2.19. The average Bonchev–Trinajstić information content (AvgIpc) is 2.99. The zero-order valence-electron chi connectivity index (χ0n) is 8.93. The fourth-order valence-electron chi connectivity index (χ4n) is 1.67. The van der Waals surface area contributed by atoms with Gasteiger partial charge in [-0.25, -0.2) is 4.98 Å². The Kier molecular flexibility index (Phi) is 2.97. The van der Waals surface area contributed by atoms with Gasteiger partial charge in [-0.15, -0.1) is 0 Å². The molecule has 5 nitrogen and oxygen atoms in total. The van der Waals surface area contributed by atoms with E-state index in [4.69, 9.17) is 5.26 Å². The minimum atomic E-state index is 0.592. The summed E-state index contributed by atoms with van der Waals surface area (Å²) in [4.78, 5) is 6.53. The second kappa shape index (κ2) is 4.41. The molecule has 1 heterocycles. The van der Waals surface area contributed by atoms with Gasteiger partial charge in [0.15, 0.2) is 0 Å². The van der Waals surface area contributed by atoms with Crippen molar-refractivity contribution in [3.05, 3.63) is 12.2 Å². The van der Waals surface area contributed by atoms with E-state index in [0.29, 0.717) is 12.5 Å². The quantitative estimate of drug-likeness (QED) is 0.709. The average molecular weight is 205 g/mol. The van der Waals surface area contributed by atoms with Gasteiger partial charge in [-0.3, -0.25) is 9.58 Å². The van der Waals surface area contributed by atoms with E-state index in [2.05, 4.69) is 21.1 Å². The van der Waals surface area contributed by atoms with Crippen molar-refractivity contribution in [2.24, 2.45) is 7.05 Å². The van der Waals surface area contributed by atoms with E-state index < -0.39 is 0 Å². The molecule has 0 radical (unpaired) electrons. The highest BCUT2D eigenvalue weighted by molar-refractivity contribution is 4.91. The number of aromatic nitrogens is 3. The molecule has 1 aromatic rings. The Hall–Kier alpha value is -1.41. The molecule has 0 amide bonds. The van der Waals surface area contributed by atoms with Crippen LogP contribution in [0.3, 0.4) is 0 Å². The van der Waals surface area contributed by atoms with Crippen molar-refractivity contribution < 1.29 is 0 Å². The van der Waals surface area contributed by atoms with E-state index in [1.165, 1.54) is 12.8 Å². The van der Waals surface area contributed by atoms with Crippen LogP contribution in [-0.2, 0) is 13.6 Å². The van der Waals surface area contributed by atoms with Crippen LogP contribution in [-0.4, -0.2) is 32.3 Å². The van der Waals surface area contributed by atoms with E-state index in [1.54, 1.807) is 11.0 Å². The first-order chi connectivity index (χ1) is 7.31. The number of rotatable bonds is 5. The molecule has 0 bridgehead atoms. The maximum Gasteiger partial charge on any atom is 0.140 e. The van der Waals surface area contributed by atoms with Gasteiger partial charge in [0.25, 0.3) is 0 Å². The molecule has 1 fully saturated rings. The molecule has 5 heteroatoms. The van der Waals surface area contributed by atoms with E-state index in [1.807, 2.05) is 7.05 Å². The Bertz CT molecular complexity index is 360. The van der Waals surface area contributed by atoms with Crippen molar-refractivity contribution in [2.75, 3.05) is 6.54 Å². The molecule has 15 heavy (non-hydrogen) atoms. The molecule has 0 aliphatic heterocycles. The number of hydrogen-bond acceptors (Lipinski definition) is 4. The van der Waals surface area contributed by atoms with Crippen LogP contribution in [0.5, 0.6) is 0 Å². The van der Waals surface area contributed by atoms with Gasteiger partial charge in [0.2, 0.25) is 0 Å². The van der Waals surface area contributed by atoms with Gasteiger partial charge in [-0.05, 0) is 12.8 Å². The Labute approximate surface area is 89.3 Å². The van der Waals surface area contributed by atoms with Gasteiger partial charge in [0.05, 0.1) is 12.6 Å². The SMILES string of the molecule is Cn1ncnc1CN(CCC#N)C1CC1. The maximum atomic E-state index is 8.59. The van der Waals surface area contributed by atoms with Crippen molar-refractivity contribution in [3.8, 4) is 6.07 Å². The summed E-state index contributed by atoms with van der Waals surface area (Å²) in [5.41, 5.74) is 0. The summed E-state index contributed by atoms with van der Waals surface area (Å²) >= 11 is 0. The van der Waals surface area contributed by atoms with E-state index in [9.17, 15) is 0 Å². The number of hydrogen-bond donors (Lipinski definition) is 0. The summed E-state index contributed by atoms with van der Waals surface area (Å²) in [6.45, 7) is 1.65. The lowest BCUT2D eigenvalue weighted by atomic mass is 10.3. The summed E-state index contributed by atoms with van der Waals surface area (Å²) in [6.07, 6.45) is 4.67. The molecule has 2 rings (SSSR count). The van der Waals surface area contributed by atoms with E-state index in [0.717, 1.165) is 18.9 Å². The molecule has 0 N–H and O–H groups in total. The third-order valence-corrected chi connectivity index (χ3v) is 2.72. The van der Waals surface area contributed by atoms with Gasteiger partial charge >= 0.3 is 0 Å². The third kappa shape index (κ3) is 2.54. The second-order valence-corrected chi connectivity index (χ2v) is 3.91. The fourth-order valence-corrected chi connectivity index (χ4v) is 1.67. The van der Waals surface area contributed by atoms with Crippen LogP contribution in [0.25, 0.3) is 0 Å². The normalized spacial score (nSPS) is 15.5. The highest BCUT2D eigenvalue weighted by Crippen LogP contribution is 2.27. The Balaban J connectivity index is 1.94. The summed E-state index contributed by atoms with van der Waals surface area (Å²) in [6, 6.07) is 2.85. The molecule has 0 atom stereocenters. The minimum Gasteiger partial charge on any atom is -0.292 e. The molecule has 1 aromatic heterocycles. The Morgan fingerprint density at radius 1 is 1.67 bits per heavy atom. The molecule has 0 aromatic carbocycles. The zero-order valence-corrected chi connectivity index (χ0v) is 8.93. The first-order valence-electron chi connectivity index (χ1n) is 5.25. The van der Waals surface area contributed by atoms with Gasteiger partial charge in [0, 0.05) is 26.1 Å². The molecular formula is C10H15N5. The standard InChI is InChI=1S/C10H15N5/c1-14-10(12-8-13-14)7-15(6-2-5-11)9-3-4-9/h8-9H,2-4,6-7H2,1H3. The predicted molar refractivity (Wildman–Crippen MR) is 54.7 cm³/mol. The first-order valence-corrected chi connectivity index (χ1v) is 5.25. The molecular weight excluding hydrogens is 190 g/mol. The van der Waals surface area contributed by atoms with Gasteiger partial charge in [0.1, 0.15) is 12.2 Å². The maximum absolute atomic E-state index is 8.59. The lowest BCUT2D eigenvalue weighted by Crippen LogP contribution is -2.28. The number of nitrogens with zero attached hydrogens (tertiary/aromatic N) is 5. The summed E-state index contributed by atoms with van der Waals surface area (Å²) < 4.78 is 1.79. The van der Waals surface area contributed by atoms with Crippen molar-refractivity contribution in [2.45, 2.75) is 31.8 Å². The van der Waals surface area contributed by atoms with Gasteiger partial charge in [-0.1, -0.05) is 0 Å². The zero-order chi connectivity index (χ0) is 10.7. The molecule has 1 aliphatic rings. The molecule has 80 valence electrons. The summed E-state index contributed by atoms with van der Waals surface area (Å²) in [5, 5.41) is 12.6. The lowest BCUT2D eigenvalue weighted by molar-refractivity contribution is 0.250. The number of nitriles is 1. The minimum absolute atomic E-state index is 0.592. The van der Waals surface area contributed by atoms with E-state index >= 15 is 0 Å². The molecule has 0 spiro atoms. The molecule has 0 unspecified atom stereocenters. The van der Waals surface area contributed by atoms with Crippen LogP contribution in [0.15, 0.2) is 6.33 Å². The van der Waals surface area contributed by atoms with Gasteiger partial charge < -0.3 is 0 Å². The Morgan fingerprint density at radius 2 is 2.47 bits per heavy atom. The topological polar surface area (TPSA) is 57.7 Å². The Morgan fingerprint density at radius 3 is 3.00 bits per heavy atom. The highest BCUT2D eigenvalue weighted by atomic mass is 15.3. The highest BCUT2D eigenvalue weighted by Gasteiger charge is 2.29. The van der Waals surface area contributed by atoms with Crippen molar-refractivity contribution >= 4 is 0 Å². The number of aryl methyl sites for hydroxylation is 1. The third-order valence-electron chi connectivity index (χ3n) is 2.72. The smallest absolute Gasteiger partial charge is 0.140 e. The van der Waals surface area contributed by atoms with Gasteiger partial charge in [-0.2, -0.15) is 10.4 Å². The molecule has 1 aliphatic carbocycles. The second-order valence-electron chi connectivity index (χ2n) is 3.91. The van der Waals surface area contributed by atoms with E-state index in [-0.39, 0.29) is 0 Å². The van der Waals surface area contributed by atoms with Crippen LogP contribution in [0, 0.1) is 11.3 Å². The predicted octanol–water partition coefficient (Wildman–Crippen LogP) is 0.693. The monoisotopic (exact) mass is 205 g/mol. The summed E-state index contributed by atoms with van der Waals surface area (Å²) in [7, 11) is 1.90. The molecule has 1 saturated carbocycles.